The number of nitrogens with zero attached hydrogens (tertiary/aromatic N) is 2. The van der Waals surface area contributed by atoms with Crippen LogP contribution in [0.4, 0.5) is 4.79 Å². The second-order valence-electron chi connectivity index (χ2n) is 6.91. The standard InChI is InChI=1S/C19H24N4O3/c1-13-5-7-20-15(9-13)16-10-14(6-8-21-16)17(23-12-24)11-22-18(25)26-19(2,3)4/h5-10,12,17H,11H2,1-4H3,(H,22,25)(H,23,24). The minimum Gasteiger partial charge on any atom is -0.444 e. The fraction of sp³-hybridized carbons (Fsp3) is 0.368. The van der Waals surface area contributed by atoms with Gasteiger partial charge in [0.1, 0.15) is 5.60 Å². The molecule has 1 unspecified atom stereocenters. The van der Waals surface area contributed by atoms with E-state index < -0.39 is 17.7 Å². The first-order valence-corrected chi connectivity index (χ1v) is 8.34. The molecule has 0 aromatic carbocycles. The van der Waals surface area contributed by atoms with Crippen molar-refractivity contribution in [1.29, 1.82) is 0 Å². The SMILES string of the molecule is Cc1ccnc(-c2cc(C(CNC(=O)OC(C)(C)C)NC=O)ccn2)c1. The molecule has 0 saturated heterocycles. The van der Waals surface area contributed by atoms with Gasteiger partial charge < -0.3 is 15.4 Å². The summed E-state index contributed by atoms with van der Waals surface area (Å²) < 4.78 is 5.22. The van der Waals surface area contributed by atoms with Gasteiger partial charge in [-0.3, -0.25) is 14.8 Å². The average Bonchev–Trinajstić information content (AvgIpc) is 2.57. The van der Waals surface area contributed by atoms with Crippen LogP contribution in [-0.2, 0) is 9.53 Å². The van der Waals surface area contributed by atoms with Crippen LogP contribution < -0.4 is 10.6 Å². The summed E-state index contributed by atoms with van der Waals surface area (Å²) in [4.78, 5) is 31.5. The van der Waals surface area contributed by atoms with Crippen molar-refractivity contribution < 1.29 is 14.3 Å². The number of carbonyl (C=O) groups is 2. The maximum atomic E-state index is 11.9. The zero-order chi connectivity index (χ0) is 19.2. The fourth-order valence-electron chi connectivity index (χ4n) is 2.33. The molecule has 0 aliphatic rings. The maximum Gasteiger partial charge on any atom is 0.407 e. The van der Waals surface area contributed by atoms with Gasteiger partial charge in [0.05, 0.1) is 17.4 Å². The van der Waals surface area contributed by atoms with Gasteiger partial charge in [-0.2, -0.15) is 0 Å². The van der Waals surface area contributed by atoms with Crippen LogP contribution in [0.3, 0.4) is 0 Å². The van der Waals surface area contributed by atoms with E-state index in [-0.39, 0.29) is 6.54 Å². The van der Waals surface area contributed by atoms with Gasteiger partial charge in [0.15, 0.2) is 0 Å². The van der Waals surface area contributed by atoms with E-state index in [1.807, 2.05) is 25.1 Å². The smallest absolute Gasteiger partial charge is 0.407 e. The number of pyridine rings is 2. The van der Waals surface area contributed by atoms with Crippen molar-refractivity contribution >= 4 is 12.5 Å². The van der Waals surface area contributed by atoms with E-state index in [1.54, 1.807) is 39.2 Å². The number of nitrogens with one attached hydrogen (secondary N) is 2. The van der Waals surface area contributed by atoms with Crippen molar-refractivity contribution in [3.63, 3.8) is 0 Å². The zero-order valence-electron chi connectivity index (χ0n) is 15.4. The third-order valence-corrected chi connectivity index (χ3v) is 3.48. The van der Waals surface area contributed by atoms with Crippen LogP contribution in [0.15, 0.2) is 36.7 Å². The molecule has 2 aromatic heterocycles. The Bertz CT molecular complexity index is 771. The molecular formula is C19H24N4O3. The number of hydrogen-bond acceptors (Lipinski definition) is 5. The van der Waals surface area contributed by atoms with Crippen molar-refractivity contribution in [3.05, 3.63) is 47.8 Å². The molecule has 26 heavy (non-hydrogen) atoms. The summed E-state index contributed by atoms with van der Waals surface area (Å²) in [6.45, 7) is 7.54. The highest BCUT2D eigenvalue weighted by molar-refractivity contribution is 5.68. The van der Waals surface area contributed by atoms with Crippen LogP contribution in [0.25, 0.3) is 11.4 Å². The number of carbonyl (C=O) groups excluding carboxylic acids is 2. The minimum atomic E-state index is -0.585. The molecule has 2 aromatic rings. The molecule has 0 aliphatic heterocycles. The van der Waals surface area contributed by atoms with Gasteiger partial charge in [0.25, 0.3) is 0 Å². The molecule has 138 valence electrons. The van der Waals surface area contributed by atoms with Crippen LogP contribution >= 0.6 is 0 Å². The molecule has 2 N–H and O–H groups in total. The molecule has 2 heterocycles. The van der Waals surface area contributed by atoms with Crippen LogP contribution in [0.1, 0.15) is 37.9 Å². The highest BCUT2D eigenvalue weighted by Crippen LogP contribution is 2.20. The van der Waals surface area contributed by atoms with Crippen LogP contribution in [-0.4, -0.2) is 34.6 Å². The van der Waals surface area contributed by atoms with Gasteiger partial charge in [0, 0.05) is 18.9 Å². The molecule has 0 bridgehead atoms. The highest BCUT2D eigenvalue weighted by atomic mass is 16.6. The quantitative estimate of drug-likeness (QED) is 0.776. The van der Waals surface area contributed by atoms with E-state index in [0.717, 1.165) is 16.8 Å². The normalized spacial score (nSPS) is 12.2. The summed E-state index contributed by atoms with van der Waals surface area (Å²) in [5.41, 5.74) is 2.74. The molecule has 7 heteroatoms. The Morgan fingerprint density at radius 3 is 2.46 bits per heavy atom. The first kappa shape index (κ1) is 19.4. The largest absolute Gasteiger partial charge is 0.444 e. The predicted octanol–water partition coefficient (Wildman–Crippen LogP) is 2.76. The van der Waals surface area contributed by atoms with E-state index in [1.165, 1.54) is 0 Å². The Morgan fingerprint density at radius 1 is 1.19 bits per heavy atom. The second kappa shape index (κ2) is 8.42. The van der Waals surface area contributed by atoms with Crippen molar-refractivity contribution in [2.45, 2.75) is 39.3 Å². The van der Waals surface area contributed by atoms with Crippen molar-refractivity contribution in [1.82, 2.24) is 20.6 Å². The lowest BCUT2D eigenvalue weighted by atomic mass is 10.1. The van der Waals surface area contributed by atoms with E-state index in [2.05, 4.69) is 20.6 Å². The molecule has 0 spiro atoms. The summed E-state index contributed by atoms with van der Waals surface area (Å²) in [5.74, 6) is 0. The summed E-state index contributed by atoms with van der Waals surface area (Å²) in [5, 5.41) is 5.38. The topological polar surface area (TPSA) is 93.2 Å². The summed E-state index contributed by atoms with van der Waals surface area (Å²) in [6.07, 6.45) is 3.45. The molecule has 2 amide bonds. The van der Waals surface area contributed by atoms with Crippen molar-refractivity contribution in [2.24, 2.45) is 0 Å². The van der Waals surface area contributed by atoms with E-state index in [0.29, 0.717) is 12.1 Å². The fourth-order valence-corrected chi connectivity index (χ4v) is 2.33. The zero-order valence-corrected chi connectivity index (χ0v) is 15.4. The van der Waals surface area contributed by atoms with Gasteiger partial charge >= 0.3 is 6.09 Å². The average molecular weight is 356 g/mol. The van der Waals surface area contributed by atoms with Gasteiger partial charge in [-0.1, -0.05) is 0 Å². The highest BCUT2D eigenvalue weighted by Gasteiger charge is 2.18. The maximum absolute atomic E-state index is 11.9. The van der Waals surface area contributed by atoms with Crippen LogP contribution in [0.2, 0.25) is 0 Å². The van der Waals surface area contributed by atoms with Gasteiger partial charge in [-0.05, 0) is 63.1 Å². The molecule has 0 fully saturated rings. The monoisotopic (exact) mass is 356 g/mol. The molecular weight excluding hydrogens is 332 g/mol. The van der Waals surface area contributed by atoms with E-state index in [4.69, 9.17) is 4.74 Å². The minimum absolute atomic E-state index is 0.193. The summed E-state index contributed by atoms with van der Waals surface area (Å²) >= 11 is 0. The van der Waals surface area contributed by atoms with E-state index >= 15 is 0 Å². The Hall–Kier alpha value is -2.96. The summed E-state index contributed by atoms with van der Waals surface area (Å²) in [6, 6.07) is 7.07. The lowest BCUT2D eigenvalue weighted by molar-refractivity contribution is -0.110. The number of amides is 2. The van der Waals surface area contributed by atoms with E-state index in [9.17, 15) is 9.59 Å². The first-order valence-electron chi connectivity index (χ1n) is 8.34. The van der Waals surface area contributed by atoms with Crippen LogP contribution in [0.5, 0.6) is 0 Å². The third-order valence-electron chi connectivity index (χ3n) is 3.48. The van der Waals surface area contributed by atoms with Gasteiger partial charge in [-0.25, -0.2) is 4.79 Å². The third kappa shape index (κ3) is 5.84. The molecule has 0 aliphatic carbocycles. The number of aryl methyl sites for hydroxylation is 1. The summed E-state index contributed by atoms with van der Waals surface area (Å²) in [7, 11) is 0. The number of ether oxygens (including phenoxy) is 1. The Balaban J connectivity index is 2.15. The predicted molar refractivity (Wildman–Crippen MR) is 98.4 cm³/mol. The lowest BCUT2D eigenvalue weighted by Crippen LogP contribution is -2.38. The molecule has 1 atom stereocenters. The first-order chi connectivity index (χ1) is 12.3. The van der Waals surface area contributed by atoms with Crippen molar-refractivity contribution in [3.8, 4) is 11.4 Å². The number of rotatable bonds is 6. The second-order valence-corrected chi connectivity index (χ2v) is 6.91. The number of hydrogen-bond donors (Lipinski definition) is 2. The van der Waals surface area contributed by atoms with Gasteiger partial charge in [-0.15, -0.1) is 0 Å². The Morgan fingerprint density at radius 2 is 1.85 bits per heavy atom. The molecule has 7 nitrogen and oxygen atoms in total. The Kier molecular flexibility index (Phi) is 6.27. The molecule has 2 rings (SSSR count). The van der Waals surface area contributed by atoms with Crippen molar-refractivity contribution in [2.75, 3.05) is 6.54 Å². The number of aromatic nitrogens is 2. The number of alkyl carbamates (subject to hydrolysis) is 1. The lowest BCUT2D eigenvalue weighted by Gasteiger charge is -2.22. The van der Waals surface area contributed by atoms with Gasteiger partial charge in [0.2, 0.25) is 6.41 Å². The Labute approximate surface area is 153 Å². The molecule has 0 radical (unpaired) electrons. The molecule has 0 saturated carbocycles. The van der Waals surface area contributed by atoms with Crippen LogP contribution in [0, 0.1) is 6.92 Å².